The minimum atomic E-state index is 0.779. The Kier molecular flexibility index (Phi) is 4.04. The highest BCUT2D eigenvalue weighted by Crippen LogP contribution is 2.26. The third-order valence-corrected chi connectivity index (χ3v) is 4.54. The predicted octanol–water partition coefficient (Wildman–Crippen LogP) is 2.27. The molecule has 2 fully saturated rings. The molecule has 1 aromatic carbocycles. The number of hydrogen-bond donors (Lipinski definition) is 1. The van der Waals surface area contributed by atoms with Crippen molar-refractivity contribution in [1.29, 1.82) is 0 Å². The SMILES string of the molecule is COc1ccc(CN2CCC3NCCCC3C2)cc1. The maximum Gasteiger partial charge on any atom is 0.118 e. The molecule has 0 aromatic heterocycles. The van der Waals surface area contributed by atoms with Crippen molar-refractivity contribution >= 4 is 0 Å². The summed E-state index contributed by atoms with van der Waals surface area (Å²) in [5.41, 5.74) is 1.39. The van der Waals surface area contributed by atoms with Crippen LogP contribution in [0.2, 0.25) is 0 Å². The molecule has 1 N–H and O–H groups in total. The third-order valence-electron chi connectivity index (χ3n) is 4.54. The number of ether oxygens (including phenoxy) is 1. The topological polar surface area (TPSA) is 24.5 Å². The molecule has 3 nitrogen and oxygen atoms in total. The maximum atomic E-state index is 5.21. The summed E-state index contributed by atoms with van der Waals surface area (Å²) in [5.74, 6) is 1.81. The van der Waals surface area contributed by atoms with Crippen LogP contribution >= 0.6 is 0 Å². The minimum Gasteiger partial charge on any atom is -0.497 e. The summed E-state index contributed by atoms with van der Waals surface area (Å²) in [6.07, 6.45) is 4.05. The van der Waals surface area contributed by atoms with E-state index in [4.69, 9.17) is 4.74 Å². The molecule has 3 rings (SSSR count). The monoisotopic (exact) mass is 260 g/mol. The van der Waals surface area contributed by atoms with Gasteiger partial charge in [-0.1, -0.05) is 12.1 Å². The van der Waals surface area contributed by atoms with Crippen LogP contribution in [0.15, 0.2) is 24.3 Å². The van der Waals surface area contributed by atoms with E-state index in [2.05, 4.69) is 34.5 Å². The fourth-order valence-electron chi connectivity index (χ4n) is 3.45. The van der Waals surface area contributed by atoms with Crippen molar-refractivity contribution in [3.05, 3.63) is 29.8 Å². The zero-order valence-electron chi connectivity index (χ0n) is 11.8. The van der Waals surface area contributed by atoms with Gasteiger partial charge in [0.2, 0.25) is 0 Å². The molecule has 0 bridgehead atoms. The number of nitrogens with zero attached hydrogens (tertiary/aromatic N) is 1. The number of piperidine rings is 2. The van der Waals surface area contributed by atoms with Crippen LogP contribution in [0, 0.1) is 5.92 Å². The fourth-order valence-corrected chi connectivity index (χ4v) is 3.45. The molecule has 0 spiro atoms. The Morgan fingerprint density at radius 2 is 2.11 bits per heavy atom. The van der Waals surface area contributed by atoms with Crippen molar-refractivity contribution in [3.63, 3.8) is 0 Å². The van der Waals surface area contributed by atoms with E-state index in [-0.39, 0.29) is 0 Å². The summed E-state index contributed by atoms with van der Waals surface area (Å²) >= 11 is 0. The third kappa shape index (κ3) is 3.10. The molecule has 1 aromatic rings. The summed E-state index contributed by atoms with van der Waals surface area (Å²) < 4.78 is 5.21. The molecule has 2 aliphatic rings. The number of fused-ring (bicyclic) bond motifs is 1. The Morgan fingerprint density at radius 1 is 1.26 bits per heavy atom. The van der Waals surface area contributed by atoms with Crippen molar-refractivity contribution in [2.75, 3.05) is 26.7 Å². The second-order valence-electron chi connectivity index (χ2n) is 5.83. The normalized spacial score (nSPS) is 27.8. The van der Waals surface area contributed by atoms with Crippen LogP contribution in [-0.4, -0.2) is 37.7 Å². The van der Waals surface area contributed by atoms with Gasteiger partial charge in [-0.05, 0) is 56.0 Å². The molecule has 2 heterocycles. The van der Waals surface area contributed by atoms with Gasteiger partial charge in [-0.3, -0.25) is 4.90 Å². The molecule has 3 heteroatoms. The van der Waals surface area contributed by atoms with Crippen molar-refractivity contribution in [2.45, 2.75) is 31.8 Å². The number of nitrogens with one attached hydrogen (secondary N) is 1. The first kappa shape index (κ1) is 12.9. The molecule has 0 aliphatic carbocycles. The van der Waals surface area contributed by atoms with Crippen LogP contribution in [-0.2, 0) is 6.54 Å². The summed E-state index contributed by atoms with van der Waals surface area (Å²) in [5, 5.41) is 3.68. The van der Waals surface area contributed by atoms with Gasteiger partial charge in [0.1, 0.15) is 5.75 Å². The Bertz CT molecular complexity index is 404. The summed E-state index contributed by atoms with van der Waals surface area (Å²) in [4.78, 5) is 2.61. The van der Waals surface area contributed by atoms with Crippen LogP contribution in [0.4, 0.5) is 0 Å². The summed E-state index contributed by atoms with van der Waals surface area (Å²) in [6, 6.07) is 9.27. The van der Waals surface area contributed by atoms with Crippen molar-refractivity contribution in [3.8, 4) is 5.75 Å². The molecule has 104 valence electrons. The Balaban J connectivity index is 1.57. The Hall–Kier alpha value is -1.06. The number of rotatable bonds is 3. The van der Waals surface area contributed by atoms with Gasteiger partial charge in [-0.2, -0.15) is 0 Å². The number of hydrogen-bond acceptors (Lipinski definition) is 3. The van der Waals surface area contributed by atoms with E-state index in [0.29, 0.717) is 0 Å². The van der Waals surface area contributed by atoms with Crippen molar-refractivity contribution < 1.29 is 4.74 Å². The first-order chi connectivity index (χ1) is 9.35. The van der Waals surface area contributed by atoms with Gasteiger partial charge in [0.05, 0.1) is 7.11 Å². The second kappa shape index (κ2) is 5.93. The van der Waals surface area contributed by atoms with Gasteiger partial charge < -0.3 is 10.1 Å². The lowest BCUT2D eigenvalue weighted by molar-refractivity contribution is 0.109. The van der Waals surface area contributed by atoms with Gasteiger partial charge in [0.25, 0.3) is 0 Å². The quantitative estimate of drug-likeness (QED) is 0.902. The van der Waals surface area contributed by atoms with Gasteiger partial charge in [0, 0.05) is 19.1 Å². The van der Waals surface area contributed by atoms with Gasteiger partial charge in [-0.25, -0.2) is 0 Å². The molecule has 0 radical (unpaired) electrons. The lowest BCUT2D eigenvalue weighted by Gasteiger charge is -2.41. The molecule has 0 amide bonds. The zero-order valence-corrected chi connectivity index (χ0v) is 11.8. The van der Waals surface area contributed by atoms with Crippen LogP contribution in [0.5, 0.6) is 5.75 Å². The van der Waals surface area contributed by atoms with Crippen LogP contribution in [0.3, 0.4) is 0 Å². The lowest BCUT2D eigenvalue weighted by Crippen LogP contribution is -2.51. The molecule has 2 unspecified atom stereocenters. The first-order valence-electron chi connectivity index (χ1n) is 7.44. The van der Waals surface area contributed by atoms with E-state index in [9.17, 15) is 0 Å². The minimum absolute atomic E-state index is 0.779. The lowest BCUT2D eigenvalue weighted by atomic mass is 9.85. The van der Waals surface area contributed by atoms with E-state index >= 15 is 0 Å². The molecule has 2 aliphatic heterocycles. The van der Waals surface area contributed by atoms with Crippen LogP contribution in [0.25, 0.3) is 0 Å². The number of benzene rings is 1. The van der Waals surface area contributed by atoms with Crippen LogP contribution < -0.4 is 10.1 Å². The molecule has 19 heavy (non-hydrogen) atoms. The molecule has 0 saturated carbocycles. The standard InChI is InChI=1S/C16H24N2O/c1-19-15-6-4-13(5-7-15)11-18-10-8-16-14(12-18)3-2-9-17-16/h4-7,14,16-17H,2-3,8-12H2,1H3. The predicted molar refractivity (Wildman–Crippen MR) is 77.4 cm³/mol. The van der Waals surface area contributed by atoms with Crippen molar-refractivity contribution in [1.82, 2.24) is 10.2 Å². The van der Waals surface area contributed by atoms with E-state index in [1.165, 1.54) is 44.5 Å². The molecular formula is C16H24N2O. The van der Waals surface area contributed by atoms with E-state index in [1.54, 1.807) is 7.11 Å². The summed E-state index contributed by atoms with van der Waals surface area (Å²) in [7, 11) is 1.72. The van der Waals surface area contributed by atoms with Crippen molar-refractivity contribution in [2.24, 2.45) is 5.92 Å². The highest BCUT2D eigenvalue weighted by molar-refractivity contribution is 5.27. The Labute approximate surface area is 115 Å². The average molecular weight is 260 g/mol. The van der Waals surface area contributed by atoms with Gasteiger partial charge >= 0.3 is 0 Å². The summed E-state index contributed by atoms with van der Waals surface area (Å²) in [6.45, 7) is 4.77. The molecule has 2 saturated heterocycles. The molecule has 2 atom stereocenters. The molecular weight excluding hydrogens is 236 g/mol. The highest BCUT2D eigenvalue weighted by Gasteiger charge is 2.30. The first-order valence-corrected chi connectivity index (χ1v) is 7.44. The van der Waals surface area contributed by atoms with E-state index in [0.717, 1.165) is 24.3 Å². The number of likely N-dealkylation sites (tertiary alicyclic amines) is 1. The van der Waals surface area contributed by atoms with Gasteiger partial charge in [-0.15, -0.1) is 0 Å². The van der Waals surface area contributed by atoms with Crippen LogP contribution in [0.1, 0.15) is 24.8 Å². The number of methoxy groups -OCH3 is 1. The van der Waals surface area contributed by atoms with Gasteiger partial charge in [0.15, 0.2) is 0 Å². The van der Waals surface area contributed by atoms with E-state index in [1.807, 2.05) is 0 Å². The maximum absolute atomic E-state index is 5.21. The Morgan fingerprint density at radius 3 is 2.89 bits per heavy atom. The zero-order chi connectivity index (χ0) is 13.1. The smallest absolute Gasteiger partial charge is 0.118 e. The average Bonchev–Trinajstić information content (AvgIpc) is 2.48. The largest absolute Gasteiger partial charge is 0.497 e. The fraction of sp³-hybridized carbons (Fsp3) is 0.625. The second-order valence-corrected chi connectivity index (χ2v) is 5.83. The highest BCUT2D eigenvalue weighted by atomic mass is 16.5. The van der Waals surface area contributed by atoms with E-state index < -0.39 is 0 Å².